The third-order valence-electron chi connectivity index (χ3n) is 4.33. The molecule has 0 aromatic heterocycles. The molecular formula is C19H27F3N4O3. The fraction of sp³-hybridized carbons (Fsp3) is 0.579. The zero-order chi connectivity index (χ0) is 21.3. The van der Waals surface area contributed by atoms with Crippen molar-refractivity contribution in [3.63, 3.8) is 0 Å². The molecule has 1 aliphatic rings. The van der Waals surface area contributed by atoms with Crippen LogP contribution in [0.5, 0.6) is 0 Å². The van der Waals surface area contributed by atoms with Gasteiger partial charge in [0.2, 0.25) is 0 Å². The summed E-state index contributed by atoms with van der Waals surface area (Å²) in [6, 6.07) is 7.17. The van der Waals surface area contributed by atoms with Crippen molar-refractivity contribution < 1.29 is 27.4 Å². The fourth-order valence-electron chi connectivity index (χ4n) is 2.87. The molecule has 1 aromatic rings. The first kappa shape index (κ1) is 22.8. The van der Waals surface area contributed by atoms with E-state index in [2.05, 4.69) is 19.9 Å². The van der Waals surface area contributed by atoms with Gasteiger partial charge in [-0.3, -0.25) is 4.99 Å². The van der Waals surface area contributed by atoms with Crippen molar-refractivity contribution in [3.05, 3.63) is 35.4 Å². The molecule has 0 atom stereocenters. The second-order valence-electron chi connectivity index (χ2n) is 6.50. The number of carbonyl (C=O) groups excluding carboxylic acids is 1. The number of halogens is 3. The first-order chi connectivity index (χ1) is 13.8. The molecule has 29 heavy (non-hydrogen) atoms. The van der Waals surface area contributed by atoms with Gasteiger partial charge in [-0.1, -0.05) is 24.3 Å². The third-order valence-corrected chi connectivity index (χ3v) is 4.33. The quantitative estimate of drug-likeness (QED) is 0.571. The van der Waals surface area contributed by atoms with E-state index >= 15 is 0 Å². The highest BCUT2D eigenvalue weighted by molar-refractivity contribution is 5.80. The van der Waals surface area contributed by atoms with E-state index in [0.717, 1.165) is 11.5 Å². The lowest BCUT2D eigenvalue weighted by molar-refractivity contribution is -0.176. The van der Waals surface area contributed by atoms with Crippen molar-refractivity contribution in [3.8, 4) is 0 Å². The minimum atomic E-state index is -4.32. The number of carbonyl (C=O) groups is 1. The molecule has 0 saturated carbocycles. The van der Waals surface area contributed by atoms with Crippen LogP contribution in [0.3, 0.4) is 0 Å². The van der Waals surface area contributed by atoms with Crippen LogP contribution < -0.4 is 5.32 Å². The van der Waals surface area contributed by atoms with Gasteiger partial charge >= 0.3 is 12.3 Å². The number of hydrogen-bond donors (Lipinski definition) is 1. The van der Waals surface area contributed by atoms with Crippen LogP contribution in [0.4, 0.5) is 18.0 Å². The molecule has 1 N–H and O–H groups in total. The molecule has 1 saturated heterocycles. The number of alkyl halides is 3. The average molecular weight is 416 g/mol. The monoisotopic (exact) mass is 416 g/mol. The third kappa shape index (κ3) is 7.80. The minimum Gasteiger partial charge on any atom is -0.450 e. The van der Waals surface area contributed by atoms with Gasteiger partial charge in [0, 0.05) is 39.8 Å². The number of nitrogens with zero attached hydrogens (tertiary/aromatic N) is 3. The Morgan fingerprint density at radius 1 is 1.10 bits per heavy atom. The maximum Gasteiger partial charge on any atom is 0.411 e. The molecule has 1 fully saturated rings. The van der Waals surface area contributed by atoms with Crippen molar-refractivity contribution >= 4 is 12.1 Å². The van der Waals surface area contributed by atoms with Gasteiger partial charge < -0.3 is 24.6 Å². The summed E-state index contributed by atoms with van der Waals surface area (Å²) in [7, 11) is 1.70. The molecule has 0 bridgehead atoms. The van der Waals surface area contributed by atoms with Gasteiger partial charge in [0.25, 0.3) is 0 Å². The van der Waals surface area contributed by atoms with Crippen LogP contribution in [0.15, 0.2) is 29.3 Å². The molecule has 10 heteroatoms. The Morgan fingerprint density at radius 3 is 2.24 bits per heavy atom. The van der Waals surface area contributed by atoms with Crippen molar-refractivity contribution in [2.75, 3.05) is 46.4 Å². The number of ether oxygens (including phenoxy) is 2. The predicted octanol–water partition coefficient (Wildman–Crippen LogP) is 2.62. The molecule has 0 spiro atoms. The number of guanidine groups is 1. The minimum absolute atomic E-state index is 0.0837. The molecule has 0 unspecified atom stereocenters. The van der Waals surface area contributed by atoms with Gasteiger partial charge in [-0.15, -0.1) is 0 Å². The Kier molecular flexibility index (Phi) is 8.56. The zero-order valence-electron chi connectivity index (χ0n) is 16.7. The highest BCUT2D eigenvalue weighted by Gasteiger charge is 2.27. The van der Waals surface area contributed by atoms with E-state index in [-0.39, 0.29) is 12.7 Å². The molecule has 1 aliphatic heterocycles. The van der Waals surface area contributed by atoms with Gasteiger partial charge in [0.05, 0.1) is 13.2 Å². The van der Waals surface area contributed by atoms with Crippen LogP contribution in [0, 0.1) is 0 Å². The molecular weight excluding hydrogens is 389 g/mol. The average Bonchev–Trinajstić information content (AvgIpc) is 2.69. The Morgan fingerprint density at radius 2 is 1.69 bits per heavy atom. The molecule has 1 amide bonds. The smallest absolute Gasteiger partial charge is 0.411 e. The number of rotatable bonds is 6. The number of benzene rings is 1. The summed E-state index contributed by atoms with van der Waals surface area (Å²) in [5.74, 6) is 0.728. The Balaban J connectivity index is 1.77. The number of amides is 1. The SMILES string of the molecule is CCOC(=O)N1CCN(C(=NC)NCc2ccc(COCC(F)(F)F)cc2)CC1. The summed E-state index contributed by atoms with van der Waals surface area (Å²) in [5.41, 5.74) is 1.65. The fourth-order valence-corrected chi connectivity index (χ4v) is 2.87. The van der Waals surface area contributed by atoms with E-state index in [0.29, 0.717) is 44.9 Å². The van der Waals surface area contributed by atoms with Gasteiger partial charge in [-0.05, 0) is 18.1 Å². The summed E-state index contributed by atoms with van der Waals surface area (Å²) < 4.78 is 46.0. The number of aliphatic imine (C=N–C) groups is 1. The highest BCUT2D eigenvalue weighted by atomic mass is 19.4. The summed E-state index contributed by atoms with van der Waals surface area (Å²) in [4.78, 5) is 19.8. The standard InChI is InChI=1S/C19H27F3N4O3/c1-3-29-18(27)26-10-8-25(9-11-26)17(23-2)24-12-15-4-6-16(7-5-15)13-28-14-19(20,21)22/h4-7H,3,8-14H2,1-2H3,(H,23,24). The van der Waals surface area contributed by atoms with Gasteiger partial charge in [-0.2, -0.15) is 13.2 Å². The van der Waals surface area contributed by atoms with Crippen molar-refractivity contribution in [1.29, 1.82) is 0 Å². The molecule has 7 nitrogen and oxygen atoms in total. The second kappa shape index (κ2) is 10.9. The number of nitrogens with one attached hydrogen (secondary N) is 1. The predicted molar refractivity (Wildman–Crippen MR) is 103 cm³/mol. The Hall–Kier alpha value is -2.49. The molecule has 1 aromatic carbocycles. The van der Waals surface area contributed by atoms with Crippen LogP contribution in [0.1, 0.15) is 18.1 Å². The molecule has 0 radical (unpaired) electrons. The number of hydrogen-bond acceptors (Lipinski definition) is 4. The lowest BCUT2D eigenvalue weighted by Gasteiger charge is -2.35. The second-order valence-corrected chi connectivity index (χ2v) is 6.50. The maximum absolute atomic E-state index is 12.1. The Labute approximate surface area is 168 Å². The van der Waals surface area contributed by atoms with Crippen LogP contribution in [-0.4, -0.2) is 74.5 Å². The van der Waals surface area contributed by atoms with Crippen LogP contribution in [0.25, 0.3) is 0 Å². The maximum atomic E-state index is 12.1. The van der Waals surface area contributed by atoms with E-state index in [1.807, 2.05) is 12.1 Å². The largest absolute Gasteiger partial charge is 0.450 e. The van der Waals surface area contributed by atoms with Gasteiger partial charge in [0.1, 0.15) is 6.61 Å². The normalized spacial score (nSPS) is 15.4. The van der Waals surface area contributed by atoms with Crippen LogP contribution in [0.2, 0.25) is 0 Å². The lowest BCUT2D eigenvalue weighted by atomic mass is 10.1. The first-order valence-electron chi connectivity index (χ1n) is 9.42. The molecule has 1 heterocycles. The summed E-state index contributed by atoms with van der Waals surface area (Å²) in [6.45, 7) is 3.74. The van der Waals surface area contributed by atoms with Crippen molar-refractivity contribution in [2.24, 2.45) is 4.99 Å². The topological polar surface area (TPSA) is 66.4 Å². The summed E-state index contributed by atoms with van der Waals surface area (Å²) in [6.07, 6.45) is -4.61. The van der Waals surface area contributed by atoms with Crippen molar-refractivity contribution in [2.45, 2.75) is 26.3 Å². The lowest BCUT2D eigenvalue weighted by Crippen LogP contribution is -2.53. The molecule has 0 aliphatic carbocycles. The zero-order valence-corrected chi connectivity index (χ0v) is 16.7. The summed E-state index contributed by atoms with van der Waals surface area (Å²) >= 11 is 0. The van der Waals surface area contributed by atoms with Crippen LogP contribution in [-0.2, 0) is 22.6 Å². The molecule has 2 rings (SSSR count). The van der Waals surface area contributed by atoms with Gasteiger partial charge in [0.15, 0.2) is 5.96 Å². The Bertz CT molecular complexity index is 672. The molecule has 162 valence electrons. The van der Waals surface area contributed by atoms with Crippen LogP contribution >= 0.6 is 0 Å². The van der Waals surface area contributed by atoms with E-state index in [1.165, 1.54) is 0 Å². The summed E-state index contributed by atoms with van der Waals surface area (Å²) in [5, 5.41) is 3.27. The van der Waals surface area contributed by atoms with E-state index in [9.17, 15) is 18.0 Å². The van der Waals surface area contributed by atoms with E-state index in [4.69, 9.17) is 4.74 Å². The number of piperazine rings is 1. The van der Waals surface area contributed by atoms with E-state index in [1.54, 1.807) is 31.0 Å². The van der Waals surface area contributed by atoms with Gasteiger partial charge in [-0.25, -0.2) is 4.79 Å². The van der Waals surface area contributed by atoms with E-state index < -0.39 is 12.8 Å². The van der Waals surface area contributed by atoms with Crippen molar-refractivity contribution in [1.82, 2.24) is 15.1 Å². The first-order valence-corrected chi connectivity index (χ1v) is 9.42. The highest BCUT2D eigenvalue weighted by Crippen LogP contribution is 2.16.